The van der Waals surface area contributed by atoms with Crippen LogP contribution in [-0.4, -0.2) is 11.1 Å². The third-order valence-electron chi connectivity index (χ3n) is 3.00. The molecule has 3 N–H and O–H groups in total. The largest absolute Gasteiger partial charge is 0.489 e. The van der Waals surface area contributed by atoms with Gasteiger partial charge in [0.25, 0.3) is 0 Å². The average Bonchev–Trinajstić information content (AvgIpc) is 2.69. The average molecular weight is 275 g/mol. The van der Waals surface area contributed by atoms with E-state index >= 15 is 0 Å². The molecule has 0 aromatic carbocycles. The van der Waals surface area contributed by atoms with E-state index in [4.69, 9.17) is 15.0 Å². The van der Waals surface area contributed by atoms with Crippen molar-refractivity contribution in [3.8, 4) is 5.75 Å². The highest BCUT2D eigenvalue weighted by Crippen LogP contribution is 2.28. The van der Waals surface area contributed by atoms with Crippen molar-refractivity contribution in [3.63, 3.8) is 0 Å². The smallest absolute Gasteiger partial charge is 0.138 e. The number of nitrogens with one attached hydrogen (secondary N) is 1. The Morgan fingerprint density at radius 3 is 2.55 bits per heavy atom. The Hall–Kier alpha value is -1.85. The summed E-state index contributed by atoms with van der Waals surface area (Å²) in [5.74, 6) is 8.15. The molecule has 0 aliphatic heterocycles. The molecule has 0 bridgehead atoms. The monoisotopic (exact) mass is 275 g/mol. The van der Waals surface area contributed by atoms with Crippen LogP contribution >= 0.6 is 0 Å². The first-order valence-corrected chi connectivity index (χ1v) is 6.66. The molecular weight excluding hydrogens is 254 g/mol. The van der Waals surface area contributed by atoms with Crippen molar-refractivity contribution in [3.05, 3.63) is 47.2 Å². The number of nitrogens with zero attached hydrogens (tertiary/aromatic N) is 1. The van der Waals surface area contributed by atoms with Gasteiger partial charge in [0.05, 0.1) is 18.3 Å². The van der Waals surface area contributed by atoms with Crippen LogP contribution in [0.3, 0.4) is 0 Å². The zero-order valence-electron chi connectivity index (χ0n) is 12.3. The van der Waals surface area contributed by atoms with Crippen LogP contribution < -0.4 is 16.0 Å². The van der Waals surface area contributed by atoms with Gasteiger partial charge < -0.3 is 9.15 Å². The Labute approximate surface area is 119 Å². The van der Waals surface area contributed by atoms with Gasteiger partial charge in [0, 0.05) is 11.8 Å². The lowest BCUT2D eigenvalue weighted by atomic mass is 10.0. The molecule has 0 fully saturated rings. The number of rotatable bonds is 5. The van der Waals surface area contributed by atoms with Gasteiger partial charge in [-0.3, -0.25) is 10.8 Å². The minimum Gasteiger partial charge on any atom is -0.489 e. The van der Waals surface area contributed by atoms with Crippen molar-refractivity contribution >= 4 is 0 Å². The predicted molar refractivity (Wildman–Crippen MR) is 77.3 cm³/mol. The Bertz CT molecular complexity index is 578. The summed E-state index contributed by atoms with van der Waals surface area (Å²) in [5, 5.41) is 0. The first kappa shape index (κ1) is 14.6. The molecule has 0 aliphatic rings. The molecule has 2 aromatic rings. The molecule has 20 heavy (non-hydrogen) atoms. The number of nitrogens with two attached hydrogens (primary N) is 1. The Morgan fingerprint density at radius 1 is 1.25 bits per heavy atom. The summed E-state index contributed by atoms with van der Waals surface area (Å²) in [4.78, 5) is 4.22. The number of pyridine rings is 1. The van der Waals surface area contributed by atoms with Crippen LogP contribution in [0.4, 0.5) is 0 Å². The van der Waals surface area contributed by atoms with E-state index < -0.39 is 0 Å². The van der Waals surface area contributed by atoms with Gasteiger partial charge >= 0.3 is 0 Å². The molecule has 5 nitrogen and oxygen atoms in total. The standard InChI is InChI=1S/C15H21N3O2/c1-9(2)19-13-6-12(7-17-8-13)15(18-16)14-5-10(3)20-11(14)4/h5-9,15,18H,16H2,1-4H3. The molecule has 108 valence electrons. The van der Waals surface area contributed by atoms with Crippen molar-refractivity contribution in [2.75, 3.05) is 0 Å². The highest BCUT2D eigenvalue weighted by atomic mass is 16.5. The Kier molecular flexibility index (Phi) is 4.42. The number of hydrazine groups is 1. The van der Waals surface area contributed by atoms with Crippen LogP contribution in [0.1, 0.15) is 42.5 Å². The lowest BCUT2D eigenvalue weighted by Gasteiger charge is -2.17. The van der Waals surface area contributed by atoms with Crippen molar-refractivity contribution in [2.45, 2.75) is 39.8 Å². The molecule has 5 heteroatoms. The highest BCUT2D eigenvalue weighted by Gasteiger charge is 2.19. The van der Waals surface area contributed by atoms with Crippen LogP contribution in [0.25, 0.3) is 0 Å². The van der Waals surface area contributed by atoms with Crippen molar-refractivity contribution in [1.29, 1.82) is 0 Å². The summed E-state index contributed by atoms with van der Waals surface area (Å²) in [6, 6.07) is 3.76. The summed E-state index contributed by atoms with van der Waals surface area (Å²) in [7, 11) is 0. The van der Waals surface area contributed by atoms with Gasteiger partial charge in [-0.25, -0.2) is 5.43 Å². The van der Waals surface area contributed by atoms with Gasteiger partial charge in [-0.1, -0.05) is 0 Å². The van der Waals surface area contributed by atoms with Crippen LogP contribution in [-0.2, 0) is 0 Å². The number of hydrogen-bond donors (Lipinski definition) is 2. The summed E-state index contributed by atoms with van der Waals surface area (Å²) >= 11 is 0. The molecule has 1 unspecified atom stereocenters. The van der Waals surface area contributed by atoms with Gasteiger partial charge in [0.2, 0.25) is 0 Å². The van der Waals surface area contributed by atoms with Crippen LogP contribution in [0.2, 0.25) is 0 Å². The lowest BCUT2D eigenvalue weighted by molar-refractivity contribution is 0.241. The summed E-state index contributed by atoms with van der Waals surface area (Å²) in [5.41, 5.74) is 4.76. The van der Waals surface area contributed by atoms with Gasteiger partial charge in [0.15, 0.2) is 0 Å². The second-order valence-electron chi connectivity index (χ2n) is 5.09. The molecule has 0 amide bonds. The number of aryl methyl sites for hydroxylation is 2. The fourth-order valence-corrected chi connectivity index (χ4v) is 2.23. The maximum absolute atomic E-state index is 5.71. The third kappa shape index (κ3) is 3.18. The van der Waals surface area contributed by atoms with E-state index in [-0.39, 0.29) is 12.1 Å². The Balaban J connectivity index is 2.34. The maximum Gasteiger partial charge on any atom is 0.138 e. The Morgan fingerprint density at radius 2 is 2.00 bits per heavy atom. The molecular formula is C15H21N3O2. The minimum atomic E-state index is -0.171. The zero-order valence-corrected chi connectivity index (χ0v) is 12.3. The van der Waals surface area contributed by atoms with Gasteiger partial charge in [-0.15, -0.1) is 0 Å². The van der Waals surface area contributed by atoms with E-state index in [0.717, 1.165) is 28.4 Å². The molecule has 0 saturated heterocycles. The summed E-state index contributed by atoms with van der Waals surface area (Å²) < 4.78 is 11.2. The normalized spacial score (nSPS) is 12.7. The first-order valence-electron chi connectivity index (χ1n) is 6.66. The fraction of sp³-hybridized carbons (Fsp3) is 0.400. The number of ether oxygens (including phenoxy) is 1. The van der Waals surface area contributed by atoms with E-state index in [1.807, 2.05) is 39.8 Å². The van der Waals surface area contributed by atoms with E-state index in [0.29, 0.717) is 0 Å². The summed E-state index contributed by atoms with van der Waals surface area (Å²) in [6.07, 6.45) is 3.58. The highest BCUT2D eigenvalue weighted by molar-refractivity contribution is 5.36. The van der Waals surface area contributed by atoms with Gasteiger partial charge in [-0.05, 0) is 45.4 Å². The topological polar surface area (TPSA) is 73.3 Å². The number of hydrogen-bond acceptors (Lipinski definition) is 5. The SMILES string of the molecule is Cc1cc(C(NN)c2cncc(OC(C)C)c2)c(C)o1. The first-order chi connectivity index (χ1) is 9.51. The summed E-state index contributed by atoms with van der Waals surface area (Å²) in [6.45, 7) is 7.80. The van der Waals surface area contributed by atoms with Crippen LogP contribution in [0.15, 0.2) is 28.9 Å². The van der Waals surface area contributed by atoms with Gasteiger partial charge in [-0.2, -0.15) is 0 Å². The van der Waals surface area contributed by atoms with Crippen LogP contribution in [0, 0.1) is 13.8 Å². The van der Waals surface area contributed by atoms with E-state index in [2.05, 4.69) is 10.4 Å². The molecule has 0 spiro atoms. The molecule has 2 rings (SSSR count). The third-order valence-corrected chi connectivity index (χ3v) is 3.00. The van der Waals surface area contributed by atoms with Crippen molar-refractivity contribution < 1.29 is 9.15 Å². The van der Waals surface area contributed by atoms with Gasteiger partial charge in [0.1, 0.15) is 17.3 Å². The fourth-order valence-electron chi connectivity index (χ4n) is 2.23. The minimum absolute atomic E-state index is 0.106. The molecule has 1 atom stereocenters. The van der Waals surface area contributed by atoms with Crippen molar-refractivity contribution in [2.24, 2.45) is 5.84 Å². The lowest BCUT2D eigenvalue weighted by Crippen LogP contribution is -2.29. The van der Waals surface area contributed by atoms with Crippen molar-refractivity contribution in [1.82, 2.24) is 10.4 Å². The second kappa shape index (κ2) is 6.07. The number of furan rings is 1. The number of aromatic nitrogens is 1. The predicted octanol–water partition coefficient (Wildman–Crippen LogP) is 2.63. The maximum atomic E-state index is 5.71. The molecule has 0 radical (unpaired) electrons. The molecule has 0 aliphatic carbocycles. The second-order valence-corrected chi connectivity index (χ2v) is 5.09. The molecule has 2 heterocycles. The molecule has 0 saturated carbocycles. The van der Waals surface area contributed by atoms with E-state index in [1.165, 1.54) is 0 Å². The van der Waals surface area contributed by atoms with E-state index in [9.17, 15) is 0 Å². The van der Waals surface area contributed by atoms with Crippen LogP contribution in [0.5, 0.6) is 5.75 Å². The quantitative estimate of drug-likeness (QED) is 0.648. The zero-order chi connectivity index (χ0) is 14.7. The molecule has 2 aromatic heterocycles. The van der Waals surface area contributed by atoms with E-state index in [1.54, 1.807) is 12.4 Å².